The summed E-state index contributed by atoms with van der Waals surface area (Å²) in [6.07, 6.45) is 3.51. The molecule has 0 unspecified atom stereocenters. The van der Waals surface area contributed by atoms with Gasteiger partial charge in [-0.2, -0.15) is 5.10 Å². The standard InChI is InChI=1S/C21H22N2O/c1-2-3-14-19-18(15-20(24)16-10-6-4-7-11-16)21(23-22-19)17-12-8-5-9-13-17/h4-13H,2-3,14-15H2,1H3,(H,22,23). The number of carbonyl (C=O) groups excluding carboxylic acids is 1. The van der Waals surface area contributed by atoms with Crippen molar-refractivity contribution in [3.8, 4) is 11.3 Å². The summed E-state index contributed by atoms with van der Waals surface area (Å²) in [7, 11) is 0. The number of hydrogen-bond donors (Lipinski definition) is 1. The molecule has 1 aromatic heterocycles. The number of unbranched alkanes of at least 4 members (excludes halogenated alkanes) is 1. The van der Waals surface area contributed by atoms with E-state index in [9.17, 15) is 4.79 Å². The van der Waals surface area contributed by atoms with E-state index in [4.69, 9.17) is 0 Å². The van der Waals surface area contributed by atoms with E-state index >= 15 is 0 Å². The molecule has 0 amide bonds. The van der Waals surface area contributed by atoms with E-state index in [1.165, 1.54) is 0 Å². The van der Waals surface area contributed by atoms with Gasteiger partial charge in [0.05, 0.1) is 5.69 Å². The highest BCUT2D eigenvalue weighted by molar-refractivity contribution is 5.98. The fourth-order valence-corrected chi connectivity index (χ4v) is 2.87. The average Bonchev–Trinajstić information content (AvgIpc) is 3.04. The van der Waals surface area contributed by atoms with Gasteiger partial charge in [-0.05, 0) is 12.8 Å². The van der Waals surface area contributed by atoms with E-state index in [1.54, 1.807) is 0 Å². The third kappa shape index (κ3) is 3.62. The van der Waals surface area contributed by atoms with Gasteiger partial charge in [-0.15, -0.1) is 0 Å². The maximum absolute atomic E-state index is 12.7. The SMILES string of the molecule is CCCCc1[nH]nc(-c2ccccc2)c1CC(=O)c1ccccc1. The highest BCUT2D eigenvalue weighted by Crippen LogP contribution is 2.26. The van der Waals surface area contributed by atoms with Crippen molar-refractivity contribution < 1.29 is 4.79 Å². The van der Waals surface area contributed by atoms with Crippen molar-refractivity contribution in [2.45, 2.75) is 32.6 Å². The molecule has 1 heterocycles. The van der Waals surface area contributed by atoms with Crippen molar-refractivity contribution in [2.24, 2.45) is 0 Å². The van der Waals surface area contributed by atoms with Gasteiger partial charge in [0.15, 0.2) is 5.78 Å². The summed E-state index contributed by atoms with van der Waals surface area (Å²) in [5.74, 6) is 0.131. The lowest BCUT2D eigenvalue weighted by Crippen LogP contribution is -2.06. The van der Waals surface area contributed by atoms with Crippen molar-refractivity contribution >= 4 is 5.78 Å². The largest absolute Gasteiger partial charge is 0.294 e. The zero-order valence-corrected chi connectivity index (χ0v) is 14.0. The van der Waals surface area contributed by atoms with Crippen LogP contribution < -0.4 is 0 Å². The van der Waals surface area contributed by atoms with Gasteiger partial charge >= 0.3 is 0 Å². The first-order chi connectivity index (χ1) is 11.8. The fraction of sp³-hybridized carbons (Fsp3) is 0.238. The lowest BCUT2D eigenvalue weighted by Gasteiger charge is -2.06. The quantitative estimate of drug-likeness (QED) is 0.633. The summed E-state index contributed by atoms with van der Waals surface area (Å²) >= 11 is 0. The molecule has 0 aliphatic rings. The van der Waals surface area contributed by atoms with Crippen molar-refractivity contribution in [1.82, 2.24) is 10.2 Å². The number of aromatic amines is 1. The predicted molar refractivity (Wildman–Crippen MR) is 97.1 cm³/mol. The normalized spacial score (nSPS) is 10.7. The number of ketones is 1. The molecular weight excluding hydrogens is 296 g/mol. The molecule has 3 aromatic rings. The summed E-state index contributed by atoms with van der Waals surface area (Å²) in [5.41, 5.74) is 4.81. The first-order valence-corrected chi connectivity index (χ1v) is 8.49. The van der Waals surface area contributed by atoms with Gasteiger partial charge in [0.25, 0.3) is 0 Å². The molecule has 0 saturated carbocycles. The van der Waals surface area contributed by atoms with Crippen molar-refractivity contribution in [3.63, 3.8) is 0 Å². The molecule has 3 nitrogen and oxygen atoms in total. The van der Waals surface area contributed by atoms with E-state index in [0.717, 1.165) is 47.3 Å². The van der Waals surface area contributed by atoms with Crippen molar-refractivity contribution in [2.75, 3.05) is 0 Å². The maximum atomic E-state index is 12.7. The van der Waals surface area contributed by atoms with E-state index in [0.29, 0.717) is 6.42 Å². The molecule has 0 aliphatic carbocycles. The third-order valence-electron chi connectivity index (χ3n) is 4.21. The molecule has 0 radical (unpaired) electrons. The van der Waals surface area contributed by atoms with Crippen LogP contribution in [0.2, 0.25) is 0 Å². The Morgan fingerprint density at radius 3 is 2.33 bits per heavy atom. The zero-order chi connectivity index (χ0) is 16.8. The van der Waals surface area contributed by atoms with E-state index in [1.807, 2.05) is 60.7 Å². The molecule has 122 valence electrons. The minimum Gasteiger partial charge on any atom is -0.294 e. The number of H-pyrrole nitrogens is 1. The summed E-state index contributed by atoms with van der Waals surface area (Å²) in [4.78, 5) is 12.7. The van der Waals surface area contributed by atoms with Crippen LogP contribution in [0.15, 0.2) is 60.7 Å². The Morgan fingerprint density at radius 1 is 1.00 bits per heavy atom. The van der Waals surface area contributed by atoms with Gasteiger partial charge in [0.1, 0.15) is 0 Å². The minimum atomic E-state index is 0.131. The lowest BCUT2D eigenvalue weighted by molar-refractivity contribution is 0.0993. The van der Waals surface area contributed by atoms with Crippen LogP contribution in [0.5, 0.6) is 0 Å². The number of hydrogen-bond acceptors (Lipinski definition) is 2. The van der Waals surface area contributed by atoms with Gasteiger partial charge in [-0.3, -0.25) is 9.89 Å². The van der Waals surface area contributed by atoms with Crippen LogP contribution >= 0.6 is 0 Å². The molecule has 3 heteroatoms. The summed E-state index contributed by atoms with van der Waals surface area (Å²) in [6.45, 7) is 2.17. The Labute approximate surface area is 142 Å². The summed E-state index contributed by atoms with van der Waals surface area (Å²) in [6, 6.07) is 19.5. The van der Waals surface area contributed by atoms with E-state index < -0.39 is 0 Å². The first kappa shape index (κ1) is 16.2. The van der Waals surface area contributed by atoms with Gasteiger partial charge in [-0.1, -0.05) is 74.0 Å². The van der Waals surface area contributed by atoms with Crippen LogP contribution in [-0.4, -0.2) is 16.0 Å². The average molecular weight is 318 g/mol. The Kier molecular flexibility index (Phi) is 5.22. The zero-order valence-electron chi connectivity index (χ0n) is 14.0. The second-order valence-electron chi connectivity index (χ2n) is 5.96. The smallest absolute Gasteiger partial charge is 0.167 e. The van der Waals surface area contributed by atoms with Gasteiger partial charge in [0.2, 0.25) is 0 Å². The molecule has 1 N–H and O–H groups in total. The number of Topliss-reactive ketones (excluding diaryl/α,β-unsaturated/α-hetero) is 1. The highest BCUT2D eigenvalue weighted by Gasteiger charge is 2.18. The van der Waals surface area contributed by atoms with Crippen LogP contribution in [0.25, 0.3) is 11.3 Å². The van der Waals surface area contributed by atoms with E-state index in [2.05, 4.69) is 17.1 Å². The number of benzene rings is 2. The predicted octanol–water partition coefficient (Wildman–Crippen LogP) is 4.84. The van der Waals surface area contributed by atoms with Crippen LogP contribution in [0.3, 0.4) is 0 Å². The summed E-state index contributed by atoms with van der Waals surface area (Å²) < 4.78 is 0. The molecule has 2 aromatic carbocycles. The second-order valence-corrected chi connectivity index (χ2v) is 5.96. The molecule has 3 rings (SSSR count). The Balaban J connectivity index is 1.94. The Bertz CT molecular complexity index is 791. The molecule has 0 saturated heterocycles. The van der Waals surface area contributed by atoms with Gasteiger partial charge < -0.3 is 0 Å². The Morgan fingerprint density at radius 2 is 1.67 bits per heavy atom. The molecule has 0 bridgehead atoms. The van der Waals surface area contributed by atoms with E-state index in [-0.39, 0.29) is 5.78 Å². The molecular formula is C21H22N2O. The second kappa shape index (κ2) is 7.73. The monoisotopic (exact) mass is 318 g/mol. The minimum absolute atomic E-state index is 0.131. The van der Waals surface area contributed by atoms with Crippen molar-refractivity contribution in [1.29, 1.82) is 0 Å². The number of aryl methyl sites for hydroxylation is 1. The topological polar surface area (TPSA) is 45.8 Å². The van der Waals surface area contributed by atoms with Crippen molar-refractivity contribution in [3.05, 3.63) is 77.5 Å². The number of nitrogens with zero attached hydrogens (tertiary/aromatic N) is 1. The van der Waals surface area contributed by atoms with Crippen LogP contribution in [-0.2, 0) is 12.8 Å². The van der Waals surface area contributed by atoms with Crippen LogP contribution in [0, 0.1) is 0 Å². The molecule has 24 heavy (non-hydrogen) atoms. The fourth-order valence-electron chi connectivity index (χ4n) is 2.87. The van der Waals surface area contributed by atoms with Gasteiger partial charge in [0, 0.05) is 28.8 Å². The lowest BCUT2D eigenvalue weighted by atomic mass is 9.96. The van der Waals surface area contributed by atoms with Gasteiger partial charge in [-0.25, -0.2) is 0 Å². The van der Waals surface area contributed by atoms with Crippen LogP contribution in [0.4, 0.5) is 0 Å². The molecule has 0 atom stereocenters. The number of carbonyl (C=O) groups is 1. The number of rotatable bonds is 7. The third-order valence-corrected chi connectivity index (χ3v) is 4.21. The highest BCUT2D eigenvalue weighted by atomic mass is 16.1. The number of nitrogens with one attached hydrogen (secondary N) is 1. The summed E-state index contributed by atoms with van der Waals surface area (Å²) in [5, 5.41) is 7.67. The molecule has 0 fully saturated rings. The molecule has 0 aliphatic heterocycles. The Hall–Kier alpha value is -2.68. The van der Waals surface area contributed by atoms with Crippen LogP contribution in [0.1, 0.15) is 41.4 Å². The molecule has 0 spiro atoms. The first-order valence-electron chi connectivity index (χ1n) is 8.49. The maximum Gasteiger partial charge on any atom is 0.167 e. The number of aromatic nitrogens is 2.